The Hall–Kier alpha value is -3.02. The molecule has 0 spiro atoms. The maximum Gasteiger partial charge on any atom is 0.163 e. The molecule has 2 N–H and O–H groups in total. The van der Waals surface area contributed by atoms with Gasteiger partial charge in [0.15, 0.2) is 5.78 Å². The third-order valence-corrected chi connectivity index (χ3v) is 7.11. The Kier molecular flexibility index (Phi) is 7.76. The van der Waals surface area contributed by atoms with Gasteiger partial charge in [0.05, 0.1) is 20.2 Å². The standard InChI is InChI=1S/C29H34FN2O2/c1-34-28-14-6-5-11-24(28)21-25-12-7-19-32(31,29(25)23-9-3-2-4-10-23)20-8-13-27(33)22-15-17-26(30)18-16-22/h2-6,9-11,14-18,25,29H,7-8,12-13,19-21,31H2,1H3/q+1/t25-,29+,32?/m0/s1. The van der Waals surface area contributed by atoms with E-state index in [0.717, 1.165) is 38.1 Å². The monoisotopic (exact) mass is 461 g/mol. The summed E-state index contributed by atoms with van der Waals surface area (Å²) in [5.41, 5.74) is 3.00. The van der Waals surface area contributed by atoms with E-state index >= 15 is 0 Å². The van der Waals surface area contributed by atoms with Crippen molar-refractivity contribution in [3.05, 3.63) is 101 Å². The van der Waals surface area contributed by atoms with Gasteiger partial charge in [0, 0.05) is 29.9 Å². The van der Waals surface area contributed by atoms with Crippen molar-refractivity contribution in [2.24, 2.45) is 11.8 Å². The Labute approximate surface area is 201 Å². The zero-order valence-electron chi connectivity index (χ0n) is 19.8. The average molecular weight is 462 g/mol. The Balaban J connectivity index is 1.53. The van der Waals surface area contributed by atoms with Gasteiger partial charge in [0.25, 0.3) is 0 Å². The van der Waals surface area contributed by atoms with Gasteiger partial charge in [-0.25, -0.2) is 8.98 Å². The van der Waals surface area contributed by atoms with Gasteiger partial charge in [-0.2, -0.15) is 5.84 Å². The summed E-state index contributed by atoms with van der Waals surface area (Å²) in [6, 6.07) is 24.7. The SMILES string of the molecule is COc1ccccc1C[C@@H]1CCC[N+](N)(CCCC(=O)c2ccc(F)cc2)[C@@H]1c1ccccc1. The second-order valence-corrected chi connectivity index (χ2v) is 9.36. The Bertz CT molecular complexity index is 1090. The molecule has 0 saturated carbocycles. The van der Waals surface area contributed by atoms with Crippen molar-refractivity contribution in [1.29, 1.82) is 0 Å². The molecular formula is C29H34FN2O2+. The van der Waals surface area contributed by atoms with E-state index in [4.69, 9.17) is 10.6 Å². The van der Waals surface area contributed by atoms with E-state index in [1.54, 1.807) is 19.2 Å². The van der Waals surface area contributed by atoms with E-state index in [-0.39, 0.29) is 17.6 Å². The highest BCUT2D eigenvalue weighted by molar-refractivity contribution is 5.95. The summed E-state index contributed by atoms with van der Waals surface area (Å²) in [5.74, 6) is 8.13. The number of benzene rings is 3. The highest BCUT2D eigenvalue weighted by Gasteiger charge is 2.44. The van der Waals surface area contributed by atoms with Crippen LogP contribution in [0.1, 0.15) is 53.2 Å². The Morgan fingerprint density at radius 2 is 1.74 bits per heavy atom. The summed E-state index contributed by atoms with van der Waals surface area (Å²) in [6.07, 6.45) is 4.14. The number of rotatable bonds is 9. The number of hydrogen-bond acceptors (Lipinski definition) is 3. The smallest absolute Gasteiger partial charge is 0.163 e. The lowest BCUT2D eigenvalue weighted by atomic mass is 9.79. The van der Waals surface area contributed by atoms with Crippen LogP contribution in [0.15, 0.2) is 78.9 Å². The summed E-state index contributed by atoms with van der Waals surface area (Å²) in [4.78, 5) is 12.6. The Morgan fingerprint density at radius 1 is 1.03 bits per heavy atom. The van der Waals surface area contributed by atoms with Gasteiger partial charge in [-0.3, -0.25) is 4.79 Å². The summed E-state index contributed by atoms with van der Waals surface area (Å²) >= 11 is 0. The van der Waals surface area contributed by atoms with Crippen LogP contribution < -0.4 is 10.6 Å². The molecule has 3 aromatic carbocycles. The van der Waals surface area contributed by atoms with Gasteiger partial charge in [-0.05, 0) is 55.2 Å². The number of Topliss-reactive ketones (excluding diaryl/α,β-unsaturated/α-hetero) is 1. The number of para-hydroxylation sites is 1. The summed E-state index contributed by atoms with van der Waals surface area (Å²) in [7, 11) is 1.72. The molecule has 0 amide bonds. The molecule has 178 valence electrons. The molecule has 3 aromatic rings. The van der Waals surface area contributed by atoms with E-state index in [0.29, 0.717) is 28.9 Å². The van der Waals surface area contributed by atoms with Crippen LogP contribution in [0.2, 0.25) is 0 Å². The molecule has 1 unspecified atom stereocenters. The van der Waals surface area contributed by atoms with E-state index in [9.17, 15) is 9.18 Å². The number of halogens is 1. The second kappa shape index (κ2) is 10.9. The lowest BCUT2D eigenvalue weighted by Gasteiger charge is -2.47. The molecule has 0 radical (unpaired) electrons. The van der Waals surface area contributed by atoms with Crippen LogP contribution in [0.5, 0.6) is 5.75 Å². The van der Waals surface area contributed by atoms with Crippen LogP contribution in [0.25, 0.3) is 0 Å². The Morgan fingerprint density at radius 3 is 2.47 bits per heavy atom. The van der Waals surface area contributed by atoms with E-state index in [1.807, 2.05) is 18.2 Å². The molecule has 1 aliphatic rings. The first-order valence-electron chi connectivity index (χ1n) is 12.1. The predicted octanol–water partition coefficient (Wildman–Crippen LogP) is 5.88. The first-order valence-corrected chi connectivity index (χ1v) is 12.1. The molecule has 4 nitrogen and oxygen atoms in total. The fourth-order valence-electron chi connectivity index (χ4n) is 5.52. The van der Waals surface area contributed by atoms with Crippen molar-refractivity contribution in [2.45, 2.75) is 38.1 Å². The summed E-state index contributed by atoms with van der Waals surface area (Å²) in [5, 5.41) is 0. The number of nitrogens with two attached hydrogens (primary N) is 1. The first kappa shape index (κ1) is 24.1. The van der Waals surface area contributed by atoms with Crippen LogP contribution in [0, 0.1) is 11.7 Å². The zero-order valence-corrected chi connectivity index (χ0v) is 19.8. The molecule has 1 aliphatic heterocycles. The number of ketones is 1. The lowest BCUT2D eigenvalue weighted by molar-refractivity contribution is -0.977. The van der Waals surface area contributed by atoms with Crippen LogP contribution in [-0.2, 0) is 6.42 Å². The number of carbonyl (C=O) groups excluding carboxylic acids is 1. The van der Waals surface area contributed by atoms with Crippen molar-refractivity contribution >= 4 is 5.78 Å². The van der Waals surface area contributed by atoms with Gasteiger partial charge in [0.2, 0.25) is 0 Å². The van der Waals surface area contributed by atoms with E-state index < -0.39 is 0 Å². The van der Waals surface area contributed by atoms with Gasteiger partial charge in [0.1, 0.15) is 17.6 Å². The molecule has 4 rings (SSSR count). The van der Waals surface area contributed by atoms with Crippen molar-refractivity contribution in [1.82, 2.24) is 0 Å². The number of quaternary nitrogens is 1. The van der Waals surface area contributed by atoms with Gasteiger partial charge in [-0.1, -0.05) is 48.5 Å². The van der Waals surface area contributed by atoms with Crippen molar-refractivity contribution in [2.75, 3.05) is 20.2 Å². The number of carbonyl (C=O) groups is 1. The van der Waals surface area contributed by atoms with Gasteiger partial charge in [-0.15, -0.1) is 0 Å². The fourth-order valence-corrected chi connectivity index (χ4v) is 5.52. The summed E-state index contributed by atoms with van der Waals surface area (Å²) < 4.78 is 19.3. The number of methoxy groups -OCH3 is 1. The molecule has 0 aliphatic carbocycles. The molecular weight excluding hydrogens is 427 g/mol. The number of ether oxygens (including phenoxy) is 1. The van der Waals surface area contributed by atoms with E-state index in [2.05, 4.69) is 36.4 Å². The topological polar surface area (TPSA) is 52.3 Å². The predicted molar refractivity (Wildman–Crippen MR) is 133 cm³/mol. The second-order valence-electron chi connectivity index (χ2n) is 9.36. The minimum atomic E-state index is -0.330. The average Bonchev–Trinajstić information content (AvgIpc) is 2.85. The van der Waals surface area contributed by atoms with Crippen LogP contribution in [-0.4, -0.2) is 30.6 Å². The normalized spacial score (nSPS) is 22.3. The highest BCUT2D eigenvalue weighted by Crippen LogP contribution is 2.42. The zero-order chi connectivity index (χ0) is 24.0. The maximum absolute atomic E-state index is 13.2. The van der Waals surface area contributed by atoms with Crippen molar-refractivity contribution < 1.29 is 18.5 Å². The van der Waals surface area contributed by atoms with Crippen LogP contribution in [0.4, 0.5) is 4.39 Å². The minimum Gasteiger partial charge on any atom is -0.496 e. The number of likely N-dealkylation sites (tertiary alicyclic amines) is 1. The van der Waals surface area contributed by atoms with Crippen molar-refractivity contribution in [3.8, 4) is 5.75 Å². The fraction of sp³-hybridized carbons (Fsp3) is 0.345. The summed E-state index contributed by atoms with van der Waals surface area (Å²) in [6.45, 7) is 1.60. The molecule has 5 heteroatoms. The molecule has 34 heavy (non-hydrogen) atoms. The number of hydrogen-bond donors (Lipinski definition) is 1. The first-order chi connectivity index (χ1) is 16.5. The number of piperidine rings is 1. The minimum absolute atomic E-state index is 0.0328. The lowest BCUT2D eigenvalue weighted by Crippen LogP contribution is -2.61. The third-order valence-electron chi connectivity index (χ3n) is 7.11. The van der Waals surface area contributed by atoms with Crippen LogP contribution in [0.3, 0.4) is 0 Å². The van der Waals surface area contributed by atoms with Crippen LogP contribution >= 0.6 is 0 Å². The molecule has 0 aromatic heterocycles. The van der Waals surface area contributed by atoms with Crippen molar-refractivity contribution in [3.63, 3.8) is 0 Å². The largest absolute Gasteiger partial charge is 0.496 e. The number of nitrogens with zero attached hydrogens (tertiary/aromatic N) is 1. The van der Waals surface area contributed by atoms with Gasteiger partial charge >= 0.3 is 0 Å². The molecule has 1 fully saturated rings. The molecule has 3 atom stereocenters. The quantitative estimate of drug-likeness (QED) is 0.246. The highest BCUT2D eigenvalue weighted by atomic mass is 19.1. The molecule has 0 bridgehead atoms. The van der Waals surface area contributed by atoms with E-state index in [1.165, 1.54) is 23.3 Å². The molecule has 1 heterocycles. The molecule has 1 saturated heterocycles. The third kappa shape index (κ3) is 5.54. The van der Waals surface area contributed by atoms with Gasteiger partial charge < -0.3 is 4.74 Å². The maximum atomic E-state index is 13.2.